The Morgan fingerprint density at radius 1 is 0.871 bits per heavy atom. The monoisotopic (exact) mass is 410 g/mol. The van der Waals surface area contributed by atoms with Crippen LogP contribution in [-0.2, 0) is 4.74 Å². The van der Waals surface area contributed by atoms with Crippen molar-refractivity contribution in [3.63, 3.8) is 0 Å². The van der Waals surface area contributed by atoms with Gasteiger partial charge in [-0.05, 0) is 35.7 Å². The Hall–Kier alpha value is -3.77. The number of anilines is 2. The van der Waals surface area contributed by atoms with Gasteiger partial charge in [0.1, 0.15) is 0 Å². The topological polar surface area (TPSA) is 67.4 Å². The van der Waals surface area contributed by atoms with E-state index in [1.807, 2.05) is 72.8 Å². The first kappa shape index (κ1) is 19.2. The number of ether oxygens (including phenoxy) is 1. The van der Waals surface area contributed by atoms with Gasteiger partial charge in [0.05, 0.1) is 18.9 Å². The maximum absolute atomic E-state index is 12.9. The number of rotatable bonds is 4. The molecule has 1 saturated heterocycles. The third-order valence-corrected chi connectivity index (χ3v) is 5.44. The summed E-state index contributed by atoms with van der Waals surface area (Å²) in [6, 6.07) is 25.3. The highest BCUT2D eigenvalue weighted by molar-refractivity contribution is 6.09. The Kier molecular flexibility index (Phi) is 5.29. The van der Waals surface area contributed by atoms with Crippen LogP contribution >= 0.6 is 0 Å². The largest absolute Gasteiger partial charge is 0.378 e. The highest BCUT2D eigenvalue weighted by Gasteiger charge is 2.14. The van der Waals surface area contributed by atoms with Gasteiger partial charge in [-0.1, -0.05) is 48.5 Å². The van der Waals surface area contributed by atoms with Gasteiger partial charge >= 0.3 is 0 Å². The summed E-state index contributed by atoms with van der Waals surface area (Å²) in [7, 11) is 0. The molecule has 154 valence electrons. The highest BCUT2D eigenvalue weighted by atomic mass is 16.5. The number of carbonyl (C=O) groups is 1. The van der Waals surface area contributed by atoms with E-state index in [9.17, 15) is 4.79 Å². The van der Waals surface area contributed by atoms with Crippen molar-refractivity contribution in [3.05, 3.63) is 84.4 Å². The van der Waals surface area contributed by atoms with Gasteiger partial charge < -0.3 is 15.0 Å². The molecule has 4 aromatic rings. The summed E-state index contributed by atoms with van der Waals surface area (Å²) >= 11 is 0. The Bertz CT molecular complexity index is 1210. The van der Waals surface area contributed by atoms with Crippen molar-refractivity contribution in [2.75, 3.05) is 36.5 Å². The standard InChI is InChI=1S/C25H22N4O2/c30-25(26-23-10-4-6-18-5-1-2-9-21(18)23)20-8-3-7-19(17-20)22-11-12-24(28-27-22)29-13-15-31-16-14-29/h1-12,17H,13-16H2,(H,26,30). The molecular weight excluding hydrogens is 388 g/mol. The molecule has 1 aliphatic heterocycles. The van der Waals surface area contributed by atoms with E-state index in [0.717, 1.165) is 46.6 Å². The smallest absolute Gasteiger partial charge is 0.255 e. The molecule has 0 bridgehead atoms. The minimum absolute atomic E-state index is 0.156. The van der Waals surface area contributed by atoms with Crippen LogP contribution in [-0.4, -0.2) is 42.4 Å². The Morgan fingerprint density at radius 3 is 2.52 bits per heavy atom. The van der Waals surface area contributed by atoms with Gasteiger partial charge in [-0.3, -0.25) is 4.79 Å². The van der Waals surface area contributed by atoms with Crippen LogP contribution in [0.4, 0.5) is 11.5 Å². The molecule has 5 rings (SSSR count). The van der Waals surface area contributed by atoms with Crippen molar-refractivity contribution in [2.45, 2.75) is 0 Å². The van der Waals surface area contributed by atoms with Crippen molar-refractivity contribution < 1.29 is 9.53 Å². The van der Waals surface area contributed by atoms with Crippen LogP contribution in [0.15, 0.2) is 78.9 Å². The third-order valence-electron chi connectivity index (χ3n) is 5.44. The van der Waals surface area contributed by atoms with Crippen molar-refractivity contribution in [1.82, 2.24) is 10.2 Å². The Morgan fingerprint density at radius 2 is 1.68 bits per heavy atom. The lowest BCUT2D eigenvalue weighted by Crippen LogP contribution is -2.36. The summed E-state index contributed by atoms with van der Waals surface area (Å²) in [5.74, 6) is 0.688. The number of hydrogen-bond acceptors (Lipinski definition) is 5. The van der Waals surface area contributed by atoms with Gasteiger partial charge in [-0.15, -0.1) is 10.2 Å². The molecule has 6 heteroatoms. The molecule has 0 aliphatic carbocycles. The fraction of sp³-hybridized carbons (Fsp3) is 0.160. The number of fused-ring (bicyclic) bond motifs is 1. The van der Waals surface area contributed by atoms with Crippen molar-refractivity contribution in [1.29, 1.82) is 0 Å². The number of hydrogen-bond donors (Lipinski definition) is 1. The first-order chi connectivity index (χ1) is 15.3. The Balaban J connectivity index is 1.36. The average molecular weight is 410 g/mol. The zero-order valence-corrected chi connectivity index (χ0v) is 17.0. The van der Waals surface area contributed by atoms with E-state index >= 15 is 0 Å². The molecular formula is C25H22N4O2. The van der Waals surface area contributed by atoms with Gasteiger partial charge in [0.25, 0.3) is 5.91 Å². The average Bonchev–Trinajstić information content (AvgIpc) is 2.85. The van der Waals surface area contributed by atoms with E-state index in [1.165, 1.54) is 0 Å². The normalized spacial score (nSPS) is 13.9. The number of benzene rings is 3. The molecule has 0 radical (unpaired) electrons. The fourth-order valence-electron chi connectivity index (χ4n) is 3.79. The number of amides is 1. The number of carbonyl (C=O) groups excluding carboxylic acids is 1. The van der Waals surface area contributed by atoms with E-state index in [-0.39, 0.29) is 5.91 Å². The second-order valence-electron chi connectivity index (χ2n) is 7.44. The van der Waals surface area contributed by atoms with Crippen molar-refractivity contribution >= 4 is 28.2 Å². The maximum atomic E-state index is 12.9. The molecule has 3 aromatic carbocycles. The summed E-state index contributed by atoms with van der Waals surface area (Å²) in [6.07, 6.45) is 0. The fourth-order valence-corrected chi connectivity index (χ4v) is 3.79. The van der Waals surface area contributed by atoms with Gasteiger partial charge in [0.2, 0.25) is 0 Å². The lowest BCUT2D eigenvalue weighted by atomic mass is 10.1. The molecule has 0 atom stereocenters. The molecule has 6 nitrogen and oxygen atoms in total. The van der Waals surface area contributed by atoms with E-state index in [0.29, 0.717) is 18.8 Å². The van der Waals surface area contributed by atoms with Gasteiger partial charge in [0, 0.05) is 35.3 Å². The van der Waals surface area contributed by atoms with Crippen molar-refractivity contribution in [2.24, 2.45) is 0 Å². The molecule has 1 N–H and O–H groups in total. The molecule has 31 heavy (non-hydrogen) atoms. The molecule has 1 aromatic heterocycles. The zero-order chi connectivity index (χ0) is 21.0. The predicted octanol–water partition coefficient (Wildman–Crippen LogP) is 4.39. The molecule has 2 heterocycles. The highest BCUT2D eigenvalue weighted by Crippen LogP contribution is 2.25. The zero-order valence-electron chi connectivity index (χ0n) is 17.0. The minimum atomic E-state index is -0.156. The number of nitrogens with one attached hydrogen (secondary N) is 1. The van der Waals surface area contributed by atoms with Crippen LogP contribution in [0.1, 0.15) is 10.4 Å². The second kappa shape index (κ2) is 8.53. The van der Waals surface area contributed by atoms with Crippen molar-refractivity contribution in [3.8, 4) is 11.3 Å². The van der Waals surface area contributed by atoms with Crippen LogP contribution in [0.3, 0.4) is 0 Å². The second-order valence-corrected chi connectivity index (χ2v) is 7.44. The molecule has 0 spiro atoms. The van der Waals surface area contributed by atoms with Crippen LogP contribution in [0, 0.1) is 0 Å². The number of aromatic nitrogens is 2. The van der Waals surface area contributed by atoms with E-state index in [4.69, 9.17) is 4.74 Å². The number of nitrogens with zero attached hydrogens (tertiary/aromatic N) is 3. The van der Waals surface area contributed by atoms with Crippen LogP contribution in [0.5, 0.6) is 0 Å². The third kappa shape index (κ3) is 4.11. The summed E-state index contributed by atoms with van der Waals surface area (Å²) in [5, 5.41) is 13.9. The summed E-state index contributed by atoms with van der Waals surface area (Å²) < 4.78 is 5.39. The lowest BCUT2D eigenvalue weighted by Gasteiger charge is -2.27. The van der Waals surface area contributed by atoms with E-state index in [2.05, 4.69) is 20.4 Å². The molecule has 1 amide bonds. The summed E-state index contributed by atoms with van der Waals surface area (Å²) in [5.41, 5.74) is 2.95. The molecule has 0 saturated carbocycles. The summed E-state index contributed by atoms with van der Waals surface area (Å²) in [4.78, 5) is 15.1. The number of morpholine rings is 1. The Labute approximate surface area is 180 Å². The van der Waals surface area contributed by atoms with Crippen LogP contribution in [0.25, 0.3) is 22.0 Å². The minimum Gasteiger partial charge on any atom is -0.378 e. The molecule has 0 unspecified atom stereocenters. The summed E-state index contributed by atoms with van der Waals surface area (Å²) in [6.45, 7) is 3.05. The predicted molar refractivity (Wildman–Crippen MR) is 122 cm³/mol. The van der Waals surface area contributed by atoms with Gasteiger partial charge in [-0.2, -0.15) is 0 Å². The van der Waals surface area contributed by atoms with E-state index in [1.54, 1.807) is 6.07 Å². The lowest BCUT2D eigenvalue weighted by molar-refractivity contribution is 0.102. The first-order valence-corrected chi connectivity index (χ1v) is 10.3. The molecule has 1 aliphatic rings. The van der Waals surface area contributed by atoms with Gasteiger partial charge in [0.15, 0.2) is 5.82 Å². The first-order valence-electron chi connectivity index (χ1n) is 10.3. The van der Waals surface area contributed by atoms with Crippen LogP contribution < -0.4 is 10.2 Å². The van der Waals surface area contributed by atoms with E-state index < -0.39 is 0 Å². The maximum Gasteiger partial charge on any atom is 0.255 e. The molecule has 1 fully saturated rings. The SMILES string of the molecule is O=C(Nc1cccc2ccccc12)c1cccc(-c2ccc(N3CCOCC3)nn2)c1. The quantitative estimate of drug-likeness (QED) is 0.541. The van der Waals surface area contributed by atoms with Crippen LogP contribution in [0.2, 0.25) is 0 Å². The van der Waals surface area contributed by atoms with Gasteiger partial charge in [-0.25, -0.2) is 0 Å².